The van der Waals surface area contributed by atoms with Crippen molar-refractivity contribution in [3.63, 3.8) is 0 Å². The molecule has 27 heavy (non-hydrogen) atoms. The van der Waals surface area contributed by atoms with Crippen LogP contribution in [-0.4, -0.2) is 46.3 Å². The number of aryl methyl sites for hydroxylation is 1. The summed E-state index contributed by atoms with van der Waals surface area (Å²) in [5, 5.41) is 4.81. The van der Waals surface area contributed by atoms with Gasteiger partial charge in [0.05, 0.1) is 11.4 Å². The van der Waals surface area contributed by atoms with E-state index in [1.165, 1.54) is 16.2 Å². The summed E-state index contributed by atoms with van der Waals surface area (Å²) in [6.45, 7) is 3.12. The Hall–Kier alpha value is -2.67. The molecule has 4 amide bonds. The number of urea groups is 1. The normalized spacial score (nSPS) is 18.9. The third-order valence-corrected chi connectivity index (χ3v) is 6.39. The molecule has 0 radical (unpaired) electrons. The summed E-state index contributed by atoms with van der Waals surface area (Å²) < 4.78 is 0. The maximum Gasteiger partial charge on any atom is 0.325 e. The number of carbonyl (C=O) groups excluding carboxylic acids is 3. The Morgan fingerprint density at radius 2 is 1.85 bits per heavy atom. The fourth-order valence-corrected chi connectivity index (χ4v) is 4.64. The van der Waals surface area contributed by atoms with Crippen molar-refractivity contribution in [2.24, 2.45) is 0 Å². The molecule has 2 aliphatic heterocycles. The van der Waals surface area contributed by atoms with E-state index in [0.29, 0.717) is 25.9 Å². The van der Waals surface area contributed by atoms with Crippen molar-refractivity contribution < 1.29 is 14.4 Å². The molecule has 2 saturated heterocycles. The van der Waals surface area contributed by atoms with E-state index >= 15 is 0 Å². The zero-order valence-electron chi connectivity index (χ0n) is 15.1. The monoisotopic (exact) mass is 383 g/mol. The topological polar surface area (TPSA) is 69.7 Å². The molecule has 0 atom stereocenters. The van der Waals surface area contributed by atoms with Gasteiger partial charge in [0.1, 0.15) is 5.54 Å². The van der Waals surface area contributed by atoms with Crippen molar-refractivity contribution in [3.8, 4) is 0 Å². The van der Waals surface area contributed by atoms with Crippen LogP contribution in [0.4, 0.5) is 4.79 Å². The lowest BCUT2D eigenvalue weighted by Crippen LogP contribution is -2.55. The highest BCUT2D eigenvalue weighted by atomic mass is 32.1. The molecular formula is C20H21N3O3S. The summed E-state index contributed by atoms with van der Waals surface area (Å²) >= 11 is 1.44. The van der Waals surface area contributed by atoms with Gasteiger partial charge < -0.3 is 10.2 Å². The predicted octanol–water partition coefficient (Wildman–Crippen LogP) is 2.78. The van der Waals surface area contributed by atoms with Gasteiger partial charge in [0, 0.05) is 13.1 Å². The van der Waals surface area contributed by atoms with Gasteiger partial charge in [-0.1, -0.05) is 30.3 Å². The number of piperidine rings is 1. The van der Waals surface area contributed by atoms with Crippen molar-refractivity contribution in [1.82, 2.24) is 15.1 Å². The zero-order valence-corrected chi connectivity index (χ0v) is 15.9. The first kappa shape index (κ1) is 17.7. The van der Waals surface area contributed by atoms with E-state index in [0.717, 1.165) is 16.0 Å². The first-order chi connectivity index (χ1) is 13.0. The fourth-order valence-electron chi connectivity index (χ4n) is 3.75. The lowest BCUT2D eigenvalue weighted by molar-refractivity contribution is -0.133. The molecule has 0 aliphatic carbocycles. The fraction of sp³-hybridized carbons (Fsp3) is 0.350. The van der Waals surface area contributed by atoms with Crippen LogP contribution in [0.5, 0.6) is 0 Å². The number of imide groups is 1. The Bertz CT molecular complexity index is 885. The van der Waals surface area contributed by atoms with Crippen molar-refractivity contribution in [2.75, 3.05) is 13.1 Å². The molecule has 0 saturated carbocycles. The smallest absolute Gasteiger partial charge is 0.325 e. The molecule has 1 aromatic carbocycles. The van der Waals surface area contributed by atoms with Crippen molar-refractivity contribution in [1.29, 1.82) is 0 Å². The van der Waals surface area contributed by atoms with Gasteiger partial charge in [0.2, 0.25) is 0 Å². The van der Waals surface area contributed by atoms with Crippen molar-refractivity contribution >= 4 is 29.2 Å². The molecule has 0 bridgehead atoms. The molecule has 1 aromatic heterocycles. The number of thiophene rings is 1. The van der Waals surface area contributed by atoms with E-state index < -0.39 is 5.54 Å². The highest BCUT2D eigenvalue weighted by Crippen LogP contribution is 2.31. The van der Waals surface area contributed by atoms with Crippen molar-refractivity contribution in [2.45, 2.75) is 31.8 Å². The van der Waals surface area contributed by atoms with E-state index in [1.54, 1.807) is 4.90 Å². The molecule has 1 N–H and O–H groups in total. The average molecular weight is 383 g/mol. The van der Waals surface area contributed by atoms with Gasteiger partial charge in [-0.3, -0.25) is 14.5 Å². The Kier molecular flexibility index (Phi) is 4.47. The number of nitrogens with zero attached hydrogens (tertiary/aromatic N) is 2. The Labute approximate surface area is 161 Å². The van der Waals surface area contributed by atoms with Crippen LogP contribution in [0.25, 0.3) is 0 Å². The Morgan fingerprint density at radius 1 is 1.15 bits per heavy atom. The molecule has 4 rings (SSSR count). The number of amides is 4. The number of hydrogen-bond acceptors (Lipinski definition) is 4. The number of rotatable bonds is 3. The van der Waals surface area contributed by atoms with Crippen molar-refractivity contribution in [3.05, 3.63) is 57.8 Å². The summed E-state index contributed by atoms with van der Waals surface area (Å²) in [5.74, 6) is -0.175. The number of benzene rings is 1. The molecule has 7 heteroatoms. The lowest BCUT2D eigenvalue weighted by Gasteiger charge is -2.37. The Morgan fingerprint density at radius 3 is 2.48 bits per heavy atom. The first-order valence-corrected chi connectivity index (χ1v) is 9.89. The predicted molar refractivity (Wildman–Crippen MR) is 102 cm³/mol. The maximum atomic E-state index is 13.0. The van der Waals surface area contributed by atoms with E-state index in [9.17, 15) is 14.4 Å². The summed E-state index contributed by atoms with van der Waals surface area (Å²) in [4.78, 5) is 41.9. The van der Waals surface area contributed by atoms with Gasteiger partial charge in [-0.15, -0.1) is 11.3 Å². The molecule has 140 valence electrons. The number of nitrogens with one attached hydrogen (secondary N) is 1. The number of likely N-dealkylation sites (tertiary alicyclic amines) is 1. The molecule has 1 spiro atoms. The molecule has 0 unspecified atom stereocenters. The van der Waals surface area contributed by atoms with Crippen LogP contribution in [0.2, 0.25) is 0 Å². The van der Waals surface area contributed by atoms with Crippen LogP contribution in [0.1, 0.15) is 33.6 Å². The van der Waals surface area contributed by atoms with Crippen LogP contribution in [0.3, 0.4) is 0 Å². The third-order valence-electron chi connectivity index (χ3n) is 5.39. The van der Waals surface area contributed by atoms with Crippen LogP contribution >= 0.6 is 11.3 Å². The quantitative estimate of drug-likeness (QED) is 0.829. The molecule has 2 fully saturated rings. The highest BCUT2D eigenvalue weighted by Gasteiger charge is 2.52. The minimum atomic E-state index is -0.882. The van der Waals surface area contributed by atoms with Crippen LogP contribution in [-0.2, 0) is 11.3 Å². The minimum Gasteiger partial charge on any atom is -0.338 e. The summed E-state index contributed by atoms with van der Waals surface area (Å²) in [5.41, 5.74) is 1.01. The van der Waals surface area contributed by atoms with Gasteiger partial charge in [-0.05, 0) is 42.3 Å². The second-order valence-corrected chi connectivity index (χ2v) is 8.03. The summed E-state index contributed by atoms with van der Waals surface area (Å²) in [7, 11) is 0. The van der Waals surface area contributed by atoms with E-state index in [4.69, 9.17) is 0 Å². The maximum absolute atomic E-state index is 13.0. The summed E-state index contributed by atoms with van der Waals surface area (Å²) in [6.07, 6.45) is 0.887. The highest BCUT2D eigenvalue weighted by molar-refractivity contribution is 7.12. The third kappa shape index (κ3) is 3.12. The van der Waals surface area contributed by atoms with Gasteiger partial charge in [-0.25, -0.2) is 4.79 Å². The van der Waals surface area contributed by atoms with Gasteiger partial charge in [0.25, 0.3) is 11.8 Å². The molecule has 2 aliphatic rings. The average Bonchev–Trinajstić information content (AvgIpc) is 3.20. The second kappa shape index (κ2) is 6.81. The Balaban J connectivity index is 1.45. The largest absolute Gasteiger partial charge is 0.338 e. The number of hydrogen-bond donors (Lipinski definition) is 1. The standard InChI is InChI=1S/C20H21N3O3S/c1-14-7-12-27-16(14)17(24)22-10-8-20(9-11-22)18(25)23(19(26)21-20)13-15-5-3-2-4-6-15/h2-7,12H,8-11,13H2,1H3,(H,21,26). The number of carbonyl (C=O) groups is 3. The van der Waals surface area contributed by atoms with Crippen LogP contribution < -0.4 is 5.32 Å². The SMILES string of the molecule is Cc1ccsc1C(=O)N1CCC2(CC1)NC(=O)N(Cc1ccccc1)C2=O. The first-order valence-electron chi connectivity index (χ1n) is 9.02. The lowest BCUT2D eigenvalue weighted by atomic mass is 9.87. The molecule has 6 nitrogen and oxygen atoms in total. The summed E-state index contributed by atoms with van der Waals surface area (Å²) in [6, 6.07) is 11.1. The second-order valence-electron chi connectivity index (χ2n) is 7.11. The van der Waals surface area contributed by atoms with Gasteiger partial charge in [-0.2, -0.15) is 0 Å². The van der Waals surface area contributed by atoms with E-state index in [2.05, 4.69) is 5.32 Å². The van der Waals surface area contributed by atoms with Gasteiger partial charge >= 0.3 is 6.03 Å². The van der Waals surface area contributed by atoms with Crippen LogP contribution in [0, 0.1) is 6.92 Å². The minimum absolute atomic E-state index is 0.00950. The molecule has 3 heterocycles. The van der Waals surface area contributed by atoms with E-state index in [-0.39, 0.29) is 24.4 Å². The van der Waals surface area contributed by atoms with Crippen LogP contribution in [0.15, 0.2) is 41.8 Å². The zero-order chi connectivity index (χ0) is 19.0. The van der Waals surface area contributed by atoms with E-state index in [1.807, 2.05) is 48.7 Å². The molecule has 2 aromatic rings. The molecular weight excluding hydrogens is 362 g/mol. The van der Waals surface area contributed by atoms with Gasteiger partial charge in [0.15, 0.2) is 0 Å².